The highest BCUT2D eigenvalue weighted by molar-refractivity contribution is 9.10. The summed E-state index contributed by atoms with van der Waals surface area (Å²) >= 11 is 4.74. The van der Waals surface area contributed by atoms with E-state index in [1.807, 2.05) is 24.3 Å². The zero-order valence-corrected chi connectivity index (χ0v) is 13.4. The van der Waals surface area contributed by atoms with Gasteiger partial charge < -0.3 is 14.7 Å². The van der Waals surface area contributed by atoms with Crippen LogP contribution in [0.5, 0.6) is 0 Å². The summed E-state index contributed by atoms with van der Waals surface area (Å²) in [5.41, 5.74) is 0. The average Bonchev–Trinajstić information content (AvgIpc) is 2.40. The molecule has 1 amide bonds. The van der Waals surface area contributed by atoms with Crippen molar-refractivity contribution in [1.29, 1.82) is 0 Å². The molecular weight excluding hydrogens is 346 g/mol. The second-order valence-corrected chi connectivity index (χ2v) is 5.91. The fraction of sp³-hybridized carbons (Fsp3) is 0.385. The molecule has 0 atom stereocenters. The van der Waals surface area contributed by atoms with Crippen LogP contribution in [0.3, 0.4) is 0 Å². The minimum absolute atomic E-state index is 0.202. The van der Waals surface area contributed by atoms with E-state index in [0.717, 1.165) is 9.37 Å². The molecule has 0 fully saturated rings. The summed E-state index contributed by atoms with van der Waals surface area (Å²) in [5, 5.41) is 8.81. The van der Waals surface area contributed by atoms with Crippen LogP contribution in [0.1, 0.15) is 0 Å². The summed E-state index contributed by atoms with van der Waals surface area (Å²) in [6.45, 7) is 0.294. The van der Waals surface area contributed by atoms with Gasteiger partial charge in [-0.25, -0.2) is 0 Å². The Hall–Kier alpha value is -1.05. The van der Waals surface area contributed by atoms with Gasteiger partial charge in [0, 0.05) is 23.0 Å². The summed E-state index contributed by atoms with van der Waals surface area (Å²) < 4.78 is 5.82. The van der Waals surface area contributed by atoms with Crippen molar-refractivity contribution in [1.82, 2.24) is 4.90 Å². The Balaban J connectivity index is 2.54. The number of hydrogen-bond donors (Lipinski definition) is 1. The van der Waals surface area contributed by atoms with Crippen LogP contribution in [-0.2, 0) is 14.3 Å². The molecule has 0 radical (unpaired) electrons. The number of aliphatic carboxylic acids is 1. The predicted octanol–water partition coefficient (Wildman–Crippen LogP) is 2.10. The molecule has 0 spiro atoms. The van der Waals surface area contributed by atoms with Gasteiger partial charge in [0.2, 0.25) is 5.91 Å². The van der Waals surface area contributed by atoms with Crippen molar-refractivity contribution in [2.24, 2.45) is 0 Å². The molecule has 0 unspecified atom stereocenters. The number of carboxylic acids is 1. The lowest BCUT2D eigenvalue weighted by atomic mass is 10.4. The van der Waals surface area contributed by atoms with Crippen LogP contribution in [0.4, 0.5) is 0 Å². The van der Waals surface area contributed by atoms with E-state index >= 15 is 0 Å². The summed E-state index contributed by atoms with van der Waals surface area (Å²) in [7, 11) is 1.51. The highest BCUT2D eigenvalue weighted by Gasteiger charge is 2.16. The molecule has 0 heterocycles. The first-order chi connectivity index (χ1) is 9.52. The average molecular weight is 362 g/mol. The molecule has 0 aliphatic heterocycles. The highest BCUT2D eigenvalue weighted by Crippen LogP contribution is 2.22. The third-order valence-electron chi connectivity index (χ3n) is 2.40. The number of ether oxygens (including phenoxy) is 1. The Morgan fingerprint density at radius 3 is 2.80 bits per heavy atom. The first-order valence-electron chi connectivity index (χ1n) is 5.90. The Morgan fingerprint density at radius 2 is 2.20 bits per heavy atom. The van der Waals surface area contributed by atoms with Crippen LogP contribution in [0.15, 0.2) is 33.6 Å². The smallest absolute Gasteiger partial charge is 0.323 e. The summed E-state index contributed by atoms with van der Waals surface area (Å²) in [6.07, 6.45) is 0. The van der Waals surface area contributed by atoms with E-state index in [2.05, 4.69) is 15.9 Å². The number of carboxylic acid groups (broad SMARTS) is 1. The molecule has 0 saturated carbocycles. The standard InChI is InChI=1S/C13H16BrNO4S/c1-19-6-5-15(8-13(17)18)12(16)9-20-11-4-2-3-10(14)7-11/h2-4,7H,5-6,8-9H2,1H3,(H,17,18). The maximum absolute atomic E-state index is 12.0. The molecule has 0 aromatic heterocycles. The lowest BCUT2D eigenvalue weighted by Crippen LogP contribution is -2.39. The molecule has 0 aliphatic carbocycles. The van der Waals surface area contributed by atoms with E-state index in [4.69, 9.17) is 9.84 Å². The van der Waals surface area contributed by atoms with Crippen molar-refractivity contribution >= 4 is 39.6 Å². The van der Waals surface area contributed by atoms with E-state index in [9.17, 15) is 9.59 Å². The van der Waals surface area contributed by atoms with Gasteiger partial charge in [-0.2, -0.15) is 0 Å². The van der Waals surface area contributed by atoms with Gasteiger partial charge in [-0.3, -0.25) is 9.59 Å². The number of carbonyl (C=O) groups is 2. The number of halogens is 1. The molecule has 1 N–H and O–H groups in total. The second-order valence-electron chi connectivity index (χ2n) is 3.95. The Kier molecular flexibility index (Phi) is 7.64. The predicted molar refractivity (Wildman–Crippen MR) is 81.0 cm³/mol. The normalized spacial score (nSPS) is 10.3. The molecule has 1 aromatic rings. The molecule has 20 heavy (non-hydrogen) atoms. The molecule has 1 rings (SSSR count). The number of nitrogens with zero attached hydrogens (tertiary/aromatic N) is 1. The van der Waals surface area contributed by atoms with E-state index in [-0.39, 0.29) is 24.7 Å². The maximum atomic E-state index is 12.0. The van der Waals surface area contributed by atoms with Gasteiger partial charge in [0.15, 0.2) is 0 Å². The fourth-order valence-corrected chi connectivity index (χ4v) is 2.86. The third kappa shape index (κ3) is 6.40. The summed E-state index contributed by atoms with van der Waals surface area (Å²) in [5.74, 6) is -1.04. The van der Waals surface area contributed by atoms with Gasteiger partial charge in [0.25, 0.3) is 0 Å². The van der Waals surface area contributed by atoms with Crippen molar-refractivity contribution in [3.05, 3.63) is 28.7 Å². The first kappa shape index (κ1) is 17.0. The van der Waals surface area contributed by atoms with Crippen molar-refractivity contribution in [3.8, 4) is 0 Å². The molecule has 7 heteroatoms. The van der Waals surface area contributed by atoms with E-state index in [1.165, 1.54) is 23.8 Å². The zero-order chi connectivity index (χ0) is 15.0. The van der Waals surface area contributed by atoms with Gasteiger partial charge in [-0.15, -0.1) is 11.8 Å². The van der Waals surface area contributed by atoms with Crippen LogP contribution in [-0.4, -0.2) is 54.4 Å². The Labute approximate surface area is 130 Å². The number of rotatable bonds is 8. The molecule has 5 nitrogen and oxygen atoms in total. The number of hydrogen-bond acceptors (Lipinski definition) is 4. The number of methoxy groups -OCH3 is 1. The number of carbonyl (C=O) groups excluding carboxylic acids is 1. The monoisotopic (exact) mass is 361 g/mol. The largest absolute Gasteiger partial charge is 0.480 e. The van der Waals surface area contributed by atoms with Gasteiger partial charge in [0.1, 0.15) is 6.54 Å². The Bertz CT molecular complexity index is 469. The minimum Gasteiger partial charge on any atom is -0.480 e. The van der Waals surface area contributed by atoms with Gasteiger partial charge in [-0.05, 0) is 18.2 Å². The van der Waals surface area contributed by atoms with Crippen molar-refractivity contribution in [3.63, 3.8) is 0 Å². The van der Waals surface area contributed by atoms with Gasteiger partial charge in [0.05, 0.1) is 12.4 Å². The van der Waals surface area contributed by atoms with Crippen LogP contribution in [0, 0.1) is 0 Å². The number of benzene rings is 1. The maximum Gasteiger partial charge on any atom is 0.323 e. The van der Waals surface area contributed by atoms with E-state index in [0.29, 0.717) is 6.61 Å². The zero-order valence-electron chi connectivity index (χ0n) is 11.0. The molecule has 0 saturated heterocycles. The lowest BCUT2D eigenvalue weighted by molar-refractivity contribution is -0.143. The Morgan fingerprint density at radius 1 is 1.45 bits per heavy atom. The van der Waals surface area contributed by atoms with Gasteiger partial charge >= 0.3 is 5.97 Å². The van der Waals surface area contributed by atoms with E-state index < -0.39 is 5.97 Å². The first-order valence-corrected chi connectivity index (χ1v) is 7.67. The topological polar surface area (TPSA) is 66.8 Å². The molecule has 0 aliphatic rings. The summed E-state index contributed by atoms with van der Waals surface area (Å²) in [4.78, 5) is 25.0. The van der Waals surface area contributed by atoms with Crippen LogP contribution in [0.25, 0.3) is 0 Å². The molecule has 1 aromatic carbocycles. The van der Waals surface area contributed by atoms with Crippen molar-refractivity contribution in [2.45, 2.75) is 4.90 Å². The SMILES string of the molecule is COCCN(CC(=O)O)C(=O)CSc1cccc(Br)c1. The van der Waals surface area contributed by atoms with Crippen molar-refractivity contribution in [2.75, 3.05) is 32.6 Å². The highest BCUT2D eigenvalue weighted by atomic mass is 79.9. The molecular formula is C13H16BrNO4S. The second kappa shape index (κ2) is 8.99. The van der Waals surface area contributed by atoms with Crippen LogP contribution >= 0.6 is 27.7 Å². The number of amides is 1. The number of thioether (sulfide) groups is 1. The molecule has 0 bridgehead atoms. The third-order valence-corrected chi connectivity index (χ3v) is 3.87. The fourth-order valence-electron chi connectivity index (χ4n) is 1.45. The van der Waals surface area contributed by atoms with Crippen molar-refractivity contribution < 1.29 is 19.4 Å². The van der Waals surface area contributed by atoms with E-state index in [1.54, 1.807) is 0 Å². The van der Waals surface area contributed by atoms with Gasteiger partial charge in [-0.1, -0.05) is 22.0 Å². The molecule has 110 valence electrons. The lowest BCUT2D eigenvalue weighted by Gasteiger charge is -2.20. The van der Waals surface area contributed by atoms with Crippen LogP contribution < -0.4 is 0 Å². The summed E-state index contributed by atoms with van der Waals surface area (Å²) in [6, 6.07) is 7.60. The van der Waals surface area contributed by atoms with Crippen LogP contribution in [0.2, 0.25) is 0 Å². The quantitative estimate of drug-likeness (QED) is 0.718. The minimum atomic E-state index is -1.03.